The normalized spacial score (nSPS) is 34.1. The van der Waals surface area contributed by atoms with E-state index in [1.54, 1.807) is 0 Å². The predicted octanol–water partition coefficient (Wildman–Crippen LogP) is 4.12. The van der Waals surface area contributed by atoms with Crippen molar-refractivity contribution in [2.75, 3.05) is 0 Å². The predicted molar refractivity (Wildman–Crippen MR) is 70.6 cm³/mol. The summed E-state index contributed by atoms with van der Waals surface area (Å²) in [6.07, 6.45) is 13.1. The molecule has 94 valence electrons. The van der Waals surface area contributed by atoms with E-state index in [9.17, 15) is 0 Å². The molecule has 2 aliphatic carbocycles. The Balaban J connectivity index is 1.75. The Bertz CT molecular complexity index is 196. The smallest absolute Gasteiger partial charge is 0.00722 e. The second-order valence-electron chi connectivity index (χ2n) is 6.14. The minimum Gasteiger partial charge on any atom is -0.311 e. The molecular formula is C15H29N. The first-order chi connectivity index (χ1) is 7.79. The topological polar surface area (TPSA) is 12.0 Å². The van der Waals surface area contributed by atoms with Gasteiger partial charge in [0, 0.05) is 12.1 Å². The maximum absolute atomic E-state index is 3.93. The van der Waals surface area contributed by atoms with E-state index in [2.05, 4.69) is 19.2 Å². The average Bonchev–Trinajstić information content (AvgIpc) is 2.83. The standard InChI is InChI=1S/C15H29N/c1-3-13-7-6-10-15(11-13)16-12(2)14-8-4-5-9-14/h12-16H,3-11H2,1-2H3/t12-,13?,15?/m0/s1. The molecule has 0 spiro atoms. The summed E-state index contributed by atoms with van der Waals surface area (Å²) in [5.74, 6) is 1.98. The zero-order valence-corrected chi connectivity index (χ0v) is 11.2. The Morgan fingerprint density at radius 2 is 1.81 bits per heavy atom. The Morgan fingerprint density at radius 1 is 1.06 bits per heavy atom. The van der Waals surface area contributed by atoms with E-state index in [0.717, 1.165) is 23.9 Å². The summed E-state index contributed by atoms with van der Waals surface area (Å²) in [5.41, 5.74) is 0. The van der Waals surface area contributed by atoms with Gasteiger partial charge in [-0.05, 0) is 44.4 Å². The molecule has 2 saturated carbocycles. The third-order valence-electron chi connectivity index (χ3n) is 4.97. The van der Waals surface area contributed by atoms with Crippen LogP contribution in [0, 0.1) is 11.8 Å². The van der Waals surface area contributed by atoms with Gasteiger partial charge in [0.05, 0.1) is 0 Å². The number of rotatable bonds is 4. The molecular weight excluding hydrogens is 194 g/mol. The fraction of sp³-hybridized carbons (Fsp3) is 1.00. The van der Waals surface area contributed by atoms with Crippen LogP contribution in [0.5, 0.6) is 0 Å². The molecule has 0 heterocycles. The first-order valence-electron chi connectivity index (χ1n) is 7.55. The van der Waals surface area contributed by atoms with E-state index in [4.69, 9.17) is 0 Å². The van der Waals surface area contributed by atoms with E-state index < -0.39 is 0 Å². The van der Waals surface area contributed by atoms with Crippen molar-refractivity contribution >= 4 is 0 Å². The second kappa shape index (κ2) is 6.05. The van der Waals surface area contributed by atoms with Gasteiger partial charge in [0.2, 0.25) is 0 Å². The summed E-state index contributed by atoms with van der Waals surface area (Å²) in [7, 11) is 0. The van der Waals surface area contributed by atoms with Gasteiger partial charge >= 0.3 is 0 Å². The molecule has 0 radical (unpaired) electrons. The van der Waals surface area contributed by atoms with Gasteiger partial charge in [-0.2, -0.15) is 0 Å². The van der Waals surface area contributed by atoms with Crippen molar-refractivity contribution in [2.24, 2.45) is 11.8 Å². The molecule has 2 fully saturated rings. The molecule has 0 saturated heterocycles. The third-order valence-corrected chi connectivity index (χ3v) is 4.97. The minimum absolute atomic E-state index is 0.767. The maximum atomic E-state index is 3.93. The molecule has 2 rings (SSSR count). The van der Waals surface area contributed by atoms with Crippen LogP contribution in [-0.4, -0.2) is 12.1 Å². The Hall–Kier alpha value is -0.0400. The van der Waals surface area contributed by atoms with Gasteiger partial charge in [0.15, 0.2) is 0 Å². The second-order valence-corrected chi connectivity index (χ2v) is 6.14. The van der Waals surface area contributed by atoms with Crippen molar-refractivity contribution in [2.45, 2.75) is 83.7 Å². The van der Waals surface area contributed by atoms with Gasteiger partial charge in [-0.3, -0.25) is 0 Å². The van der Waals surface area contributed by atoms with Gasteiger partial charge < -0.3 is 5.32 Å². The zero-order valence-electron chi connectivity index (χ0n) is 11.2. The van der Waals surface area contributed by atoms with Crippen molar-refractivity contribution in [1.29, 1.82) is 0 Å². The summed E-state index contributed by atoms with van der Waals surface area (Å²) in [4.78, 5) is 0. The highest BCUT2D eigenvalue weighted by Gasteiger charge is 2.26. The van der Waals surface area contributed by atoms with Crippen LogP contribution in [-0.2, 0) is 0 Å². The molecule has 1 nitrogen and oxygen atoms in total. The molecule has 16 heavy (non-hydrogen) atoms. The van der Waals surface area contributed by atoms with E-state index in [-0.39, 0.29) is 0 Å². The molecule has 1 N–H and O–H groups in total. The van der Waals surface area contributed by atoms with Crippen LogP contribution >= 0.6 is 0 Å². The molecule has 0 aliphatic heterocycles. The van der Waals surface area contributed by atoms with Crippen molar-refractivity contribution in [1.82, 2.24) is 5.32 Å². The van der Waals surface area contributed by atoms with Crippen molar-refractivity contribution in [3.8, 4) is 0 Å². The van der Waals surface area contributed by atoms with E-state index in [1.165, 1.54) is 57.8 Å². The Kier molecular flexibility index (Phi) is 4.69. The lowest BCUT2D eigenvalue weighted by Gasteiger charge is -2.33. The first-order valence-corrected chi connectivity index (χ1v) is 7.55. The lowest BCUT2D eigenvalue weighted by atomic mass is 9.83. The molecule has 0 bridgehead atoms. The van der Waals surface area contributed by atoms with Crippen LogP contribution in [0.25, 0.3) is 0 Å². The number of hydrogen-bond acceptors (Lipinski definition) is 1. The lowest BCUT2D eigenvalue weighted by molar-refractivity contribution is 0.242. The van der Waals surface area contributed by atoms with E-state index in [0.29, 0.717) is 0 Å². The molecule has 0 amide bonds. The monoisotopic (exact) mass is 223 g/mol. The van der Waals surface area contributed by atoms with Crippen molar-refractivity contribution < 1.29 is 0 Å². The quantitative estimate of drug-likeness (QED) is 0.756. The zero-order chi connectivity index (χ0) is 11.4. The number of hydrogen-bond donors (Lipinski definition) is 1. The van der Waals surface area contributed by atoms with E-state index >= 15 is 0 Å². The van der Waals surface area contributed by atoms with Crippen LogP contribution in [0.1, 0.15) is 71.6 Å². The first kappa shape index (κ1) is 12.4. The summed E-state index contributed by atoms with van der Waals surface area (Å²) in [6, 6.07) is 1.59. The van der Waals surface area contributed by atoms with Crippen molar-refractivity contribution in [3.63, 3.8) is 0 Å². The van der Waals surface area contributed by atoms with Gasteiger partial charge in [0.1, 0.15) is 0 Å². The molecule has 1 heteroatoms. The maximum Gasteiger partial charge on any atom is 0.00722 e. The third kappa shape index (κ3) is 3.23. The molecule has 0 aromatic rings. The fourth-order valence-corrected chi connectivity index (χ4v) is 3.78. The average molecular weight is 223 g/mol. The van der Waals surface area contributed by atoms with Crippen molar-refractivity contribution in [3.05, 3.63) is 0 Å². The summed E-state index contributed by atoms with van der Waals surface area (Å²) in [6.45, 7) is 4.78. The SMILES string of the molecule is CCC1CCCC(N[C@@H](C)C2CCCC2)C1. The Labute approximate surface area is 101 Å². The Morgan fingerprint density at radius 3 is 2.50 bits per heavy atom. The molecule has 2 aliphatic rings. The van der Waals surface area contributed by atoms with Crippen LogP contribution in [0.15, 0.2) is 0 Å². The van der Waals surface area contributed by atoms with Gasteiger partial charge in [0.25, 0.3) is 0 Å². The molecule has 0 aromatic heterocycles. The van der Waals surface area contributed by atoms with Crippen LogP contribution in [0.4, 0.5) is 0 Å². The summed E-state index contributed by atoms with van der Waals surface area (Å²) < 4.78 is 0. The highest BCUT2D eigenvalue weighted by molar-refractivity contribution is 4.83. The molecule has 3 atom stereocenters. The van der Waals surface area contributed by atoms with Gasteiger partial charge in [-0.1, -0.05) is 39.0 Å². The van der Waals surface area contributed by atoms with Gasteiger partial charge in [-0.15, -0.1) is 0 Å². The van der Waals surface area contributed by atoms with Gasteiger partial charge in [-0.25, -0.2) is 0 Å². The van der Waals surface area contributed by atoms with Crippen LogP contribution < -0.4 is 5.32 Å². The van der Waals surface area contributed by atoms with E-state index in [1.807, 2.05) is 0 Å². The number of nitrogens with one attached hydrogen (secondary N) is 1. The van der Waals surface area contributed by atoms with Crippen LogP contribution in [0.2, 0.25) is 0 Å². The highest BCUT2D eigenvalue weighted by atomic mass is 15.0. The fourth-order valence-electron chi connectivity index (χ4n) is 3.78. The summed E-state index contributed by atoms with van der Waals surface area (Å²) >= 11 is 0. The largest absolute Gasteiger partial charge is 0.311 e. The molecule has 0 aromatic carbocycles. The molecule has 2 unspecified atom stereocenters. The minimum atomic E-state index is 0.767. The highest BCUT2D eigenvalue weighted by Crippen LogP contribution is 2.30. The van der Waals surface area contributed by atoms with Crippen LogP contribution in [0.3, 0.4) is 0 Å². The lowest BCUT2D eigenvalue weighted by Crippen LogP contribution is -2.42. The summed E-state index contributed by atoms with van der Waals surface area (Å²) in [5, 5.41) is 3.93.